The number of amides is 1. The van der Waals surface area contributed by atoms with Crippen LogP contribution in [-0.4, -0.2) is 37.0 Å². The van der Waals surface area contributed by atoms with Crippen LogP contribution in [0.15, 0.2) is 42.7 Å². The zero-order chi connectivity index (χ0) is 19.3. The zero-order valence-electron chi connectivity index (χ0n) is 15.8. The number of pyridine rings is 1. The van der Waals surface area contributed by atoms with E-state index in [4.69, 9.17) is 18.9 Å². The predicted octanol–water partition coefficient (Wildman–Crippen LogP) is 2.86. The number of hydrogen-bond acceptors (Lipinski definition) is 6. The maximum atomic E-state index is 12.9. The molecule has 2 unspecified atom stereocenters. The zero-order valence-corrected chi connectivity index (χ0v) is 15.8. The predicted molar refractivity (Wildman–Crippen MR) is 101 cm³/mol. The average molecular weight is 384 g/mol. The fourth-order valence-corrected chi connectivity index (χ4v) is 3.56. The van der Waals surface area contributed by atoms with Gasteiger partial charge in [0.25, 0.3) is 5.91 Å². The van der Waals surface area contributed by atoms with Crippen LogP contribution in [0, 0.1) is 5.92 Å². The maximum Gasteiger partial charge on any atom is 0.261 e. The van der Waals surface area contributed by atoms with E-state index in [2.05, 4.69) is 10.3 Å². The molecule has 0 radical (unpaired) electrons. The molecule has 1 N–H and O–H groups in total. The van der Waals surface area contributed by atoms with Gasteiger partial charge in [0.1, 0.15) is 5.75 Å². The molecule has 28 heavy (non-hydrogen) atoms. The van der Waals surface area contributed by atoms with Crippen molar-refractivity contribution in [3.63, 3.8) is 0 Å². The van der Waals surface area contributed by atoms with Crippen LogP contribution in [0.5, 0.6) is 17.2 Å². The van der Waals surface area contributed by atoms with Gasteiger partial charge in [-0.1, -0.05) is 6.07 Å². The Hall–Kier alpha value is -2.80. The minimum absolute atomic E-state index is 0.118. The Morgan fingerprint density at radius 2 is 2.04 bits per heavy atom. The lowest BCUT2D eigenvalue weighted by Crippen LogP contribution is -2.42. The van der Waals surface area contributed by atoms with E-state index in [9.17, 15) is 4.79 Å². The third kappa shape index (κ3) is 4.20. The highest BCUT2D eigenvalue weighted by Gasteiger charge is 2.29. The Morgan fingerprint density at radius 1 is 1.21 bits per heavy atom. The van der Waals surface area contributed by atoms with Crippen molar-refractivity contribution in [2.75, 3.05) is 20.0 Å². The summed E-state index contributed by atoms with van der Waals surface area (Å²) in [5.41, 5.74) is 0.998. The largest absolute Gasteiger partial charge is 0.481 e. The first-order chi connectivity index (χ1) is 13.7. The van der Waals surface area contributed by atoms with Gasteiger partial charge < -0.3 is 24.3 Å². The molecule has 7 nitrogen and oxygen atoms in total. The lowest BCUT2D eigenvalue weighted by atomic mass is 9.87. The number of benzene rings is 1. The van der Waals surface area contributed by atoms with E-state index in [0.29, 0.717) is 36.4 Å². The normalized spacial score (nSPS) is 18.3. The first kappa shape index (κ1) is 18.6. The van der Waals surface area contributed by atoms with E-state index >= 15 is 0 Å². The van der Waals surface area contributed by atoms with Crippen LogP contribution in [0.1, 0.15) is 31.4 Å². The van der Waals surface area contributed by atoms with E-state index in [-0.39, 0.29) is 18.7 Å². The molecule has 1 aromatic carbocycles. The second-order valence-corrected chi connectivity index (χ2v) is 7.00. The van der Waals surface area contributed by atoms with Crippen molar-refractivity contribution in [1.82, 2.24) is 10.3 Å². The SMILES string of the molecule is CC(Oc1ccc2c(c1)OCO2)C(=O)NC(c1cccnc1)C1CCOCC1. The van der Waals surface area contributed by atoms with Gasteiger partial charge in [-0.3, -0.25) is 9.78 Å². The summed E-state index contributed by atoms with van der Waals surface area (Å²) < 4.78 is 22.0. The molecule has 148 valence electrons. The highest BCUT2D eigenvalue weighted by atomic mass is 16.7. The minimum Gasteiger partial charge on any atom is -0.481 e. The van der Waals surface area contributed by atoms with E-state index in [0.717, 1.165) is 18.4 Å². The Labute approximate surface area is 164 Å². The molecule has 2 aliphatic rings. The average Bonchev–Trinajstić information content (AvgIpc) is 3.21. The Bertz CT molecular complexity index is 808. The quantitative estimate of drug-likeness (QED) is 0.825. The van der Waals surface area contributed by atoms with Gasteiger partial charge in [-0.15, -0.1) is 0 Å². The summed E-state index contributed by atoms with van der Waals surface area (Å²) in [4.78, 5) is 17.1. The molecule has 2 aliphatic heterocycles. The molecule has 2 atom stereocenters. The van der Waals surface area contributed by atoms with Crippen LogP contribution >= 0.6 is 0 Å². The molecule has 2 aromatic rings. The number of aromatic nitrogens is 1. The number of carbonyl (C=O) groups excluding carboxylic acids is 1. The van der Waals surface area contributed by atoms with Gasteiger partial charge in [-0.25, -0.2) is 0 Å². The Balaban J connectivity index is 1.44. The number of carbonyl (C=O) groups is 1. The molecule has 1 saturated heterocycles. The monoisotopic (exact) mass is 384 g/mol. The van der Waals surface area contributed by atoms with E-state index in [1.807, 2.05) is 18.3 Å². The van der Waals surface area contributed by atoms with Crippen molar-refractivity contribution < 1.29 is 23.7 Å². The van der Waals surface area contributed by atoms with E-state index in [1.54, 1.807) is 31.3 Å². The summed E-state index contributed by atoms with van der Waals surface area (Å²) in [5.74, 6) is 2.01. The number of ether oxygens (including phenoxy) is 4. The van der Waals surface area contributed by atoms with Crippen LogP contribution in [-0.2, 0) is 9.53 Å². The summed E-state index contributed by atoms with van der Waals surface area (Å²) in [7, 11) is 0. The molecule has 3 heterocycles. The van der Waals surface area contributed by atoms with Crippen LogP contribution in [0.3, 0.4) is 0 Å². The number of fused-ring (bicyclic) bond motifs is 1. The van der Waals surface area contributed by atoms with Crippen molar-refractivity contribution >= 4 is 5.91 Å². The minimum atomic E-state index is -0.653. The van der Waals surface area contributed by atoms with Gasteiger partial charge in [0.05, 0.1) is 6.04 Å². The van der Waals surface area contributed by atoms with Crippen molar-refractivity contribution in [2.24, 2.45) is 5.92 Å². The smallest absolute Gasteiger partial charge is 0.261 e. The molecule has 1 fully saturated rings. The van der Waals surface area contributed by atoms with Gasteiger partial charge in [0, 0.05) is 31.7 Å². The topological polar surface area (TPSA) is 78.9 Å². The first-order valence-electron chi connectivity index (χ1n) is 9.55. The second kappa shape index (κ2) is 8.48. The lowest BCUT2D eigenvalue weighted by molar-refractivity contribution is -0.128. The molecule has 0 spiro atoms. The van der Waals surface area contributed by atoms with Gasteiger partial charge in [0.2, 0.25) is 6.79 Å². The number of nitrogens with one attached hydrogen (secondary N) is 1. The third-order valence-electron chi connectivity index (χ3n) is 5.10. The Kier molecular flexibility index (Phi) is 5.62. The van der Waals surface area contributed by atoms with Crippen LogP contribution in [0.2, 0.25) is 0 Å². The van der Waals surface area contributed by atoms with Gasteiger partial charge in [0.15, 0.2) is 17.6 Å². The Morgan fingerprint density at radius 3 is 2.82 bits per heavy atom. The lowest BCUT2D eigenvalue weighted by Gasteiger charge is -2.32. The molecule has 0 saturated carbocycles. The standard InChI is InChI=1S/C21H24N2O5/c1-14(28-17-4-5-18-19(11-17)27-13-26-18)21(24)23-20(15-6-9-25-10-7-15)16-3-2-8-22-12-16/h2-5,8,11-12,14-15,20H,6-7,9-10,13H2,1H3,(H,23,24). The number of rotatable bonds is 6. The summed E-state index contributed by atoms with van der Waals surface area (Å²) in [6, 6.07) is 9.06. The summed E-state index contributed by atoms with van der Waals surface area (Å²) in [6.07, 6.45) is 4.69. The van der Waals surface area contributed by atoms with Crippen molar-refractivity contribution in [1.29, 1.82) is 0 Å². The molecule has 1 amide bonds. The van der Waals surface area contributed by atoms with Crippen LogP contribution in [0.25, 0.3) is 0 Å². The first-order valence-corrected chi connectivity index (χ1v) is 9.55. The fourth-order valence-electron chi connectivity index (χ4n) is 3.56. The van der Waals surface area contributed by atoms with E-state index < -0.39 is 6.10 Å². The molecular weight excluding hydrogens is 360 g/mol. The van der Waals surface area contributed by atoms with Crippen molar-refractivity contribution in [3.05, 3.63) is 48.3 Å². The second-order valence-electron chi connectivity index (χ2n) is 7.00. The highest BCUT2D eigenvalue weighted by Crippen LogP contribution is 2.35. The van der Waals surface area contributed by atoms with Gasteiger partial charge in [-0.2, -0.15) is 0 Å². The molecule has 0 bridgehead atoms. The molecule has 7 heteroatoms. The number of hydrogen-bond donors (Lipinski definition) is 1. The maximum absolute atomic E-state index is 12.9. The van der Waals surface area contributed by atoms with Gasteiger partial charge in [-0.05, 0) is 49.4 Å². The number of nitrogens with zero attached hydrogens (tertiary/aromatic N) is 1. The molecule has 0 aliphatic carbocycles. The summed E-state index contributed by atoms with van der Waals surface area (Å²) in [5, 5.41) is 3.16. The van der Waals surface area contributed by atoms with Crippen molar-refractivity contribution in [2.45, 2.75) is 31.9 Å². The van der Waals surface area contributed by atoms with Crippen LogP contribution < -0.4 is 19.5 Å². The molecule has 4 rings (SSSR count). The van der Waals surface area contributed by atoms with Crippen LogP contribution in [0.4, 0.5) is 0 Å². The van der Waals surface area contributed by atoms with E-state index in [1.165, 1.54) is 0 Å². The fraction of sp³-hybridized carbons (Fsp3) is 0.429. The summed E-state index contributed by atoms with van der Waals surface area (Å²) in [6.45, 7) is 3.36. The van der Waals surface area contributed by atoms with Gasteiger partial charge >= 0.3 is 0 Å². The molecular formula is C21H24N2O5. The summed E-state index contributed by atoms with van der Waals surface area (Å²) >= 11 is 0. The van der Waals surface area contributed by atoms with Crippen molar-refractivity contribution in [3.8, 4) is 17.2 Å². The third-order valence-corrected chi connectivity index (χ3v) is 5.10. The highest BCUT2D eigenvalue weighted by molar-refractivity contribution is 5.81. The molecule has 1 aromatic heterocycles.